The van der Waals surface area contributed by atoms with E-state index >= 15 is 0 Å². The van der Waals surface area contributed by atoms with E-state index in [1.54, 1.807) is 0 Å². The third-order valence-electron chi connectivity index (χ3n) is 3.93. The van der Waals surface area contributed by atoms with Crippen LogP contribution in [0.4, 0.5) is 0 Å². The number of nitrogens with zero attached hydrogens (tertiary/aromatic N) is 3. The predicted molar refractivity (Wildman–Crippen MR) is 94.3 cm³/mol. The highest BCUT2D eigenvalue weighted by Crippen LogP contribution is 2.14. The van der Waals surface area contributed by atoms with Gasteiger partial charge >= 0.3 is 0 Å². The van der Waals surface area contributed by atoms with Crippen LogP contribution in [-0.2, 0) is 0 Å². The Hall–Kier alpha value is -0.0400. The number of hydrogen-bond donors (Lipinski definition) is 1. The SMILES string of the molecule is CCN(CC)C(C)CN=C(N)N1CCCC(C)C1.I. The van der Waals surface area contributed by atoms with Gasteiger partial charge in [-0.2, -0.15) is 0 Å². The van der Waals surface area contributed by atoms with Crippen LogP contribution in [0.15, 0.2) is 4.99 Å². The number of likely N-dealkylation sites (tertiary alicyclic amines) is 1. The molecule has 1 aliphatic rings. The van der Waals surface area contributed by atoms with Crippen molar-refractivity contribution >= 4 is 29.9 Å². The van der Waals surface area contributed by atoms with Crippen LogP contribution in [0.1, 0.15) is 40.5 Å². The summed E-state index contributed by atoms with van der Waals surface area (Å²) >= 11 is 0. The van der Waals surface area contributed by atoms with Gasteiger partial charge < -0.3 is 10.6 Å². The van der Waals surface area contributed by atoms with Gasteiger partial charge in [0.25, 0.3) is 0 Å². The molecule has 0 saturated carbocycles. The highest BCUT2D eigenvalue weighted by atomic mass is 127. The Morgan fingerprint density at radius 2 is 2.05 bits per heavy atom. The van der Waals surface area contributed by atoms with Gasteiger partial charge in [0.05, 0.1) is 6.54 Å². The molecule has 19 heavy (non-hydrogen) atoms. The van der Waals surface area contributed by atoms with E-state index in [-0.39, 0.29) is 24.0 Å². The lowest BCUT2D eigenvalue weighted by molar-refractivity contribution is 0.234. The fourth-order valence-corrected chi connectivity index (χ4v) is 2.69. The average molecular weight is 382 g/mol. The van der Waals surface area contributed by atoms with Gasteiger partial charge in [-0.05, 0) is 38.8 Å². The number of likely N-dealkylation sites (N-methyl/N-ethyl adjacent to an activating group) is 1. The minimum atomic E-state index is 0. The van der Waals surface area contributed by atoms with Crippen molar-refractivity contribution in [2.45, 2.75) is 46.6 Å². The Morgan fingerprint density at radius 1 is 1.42 bits per heavy atom. The summed E-state index contributed by atoms with van der Waals surface area (Å²) < 4.78 is 0. The highest BCUT2D eigenvalue weighted by Gasteiger charge is 2.18. The summed E-state index contributed by atoms with van der Waals surface area (Å²) in [5, 5.41) is 0. The van der Waals surface area contributed by atoms with Crippen LogP contribution in [0.25, 0.3) is 0 Å². The summed E-state index contributed by atoms with van der Waals surface area (Å²) in [6, 6.07) is 0.473. The molecule has 2 unspecified atom stereocenters. The lowest BCUT2D eigenvalue weighted by Crippen LogP contribution is -2.44. The molecular formula is C14H31IN4. The fraction of sp³-hybridized carbons (Fsp3) is 0.929. The van der Waals surface area contributed by atoms with Crippen LogP contribution in [0.2, 0.25) is 0 Å². The molecule has 1 heterocycles. The quantitative estimate of drug-likeness (QED) is 0.451. The Balaban J connectivity index is 0.00000324. The monoisotopic (exact) mass is 382 g/mol. The third-order valence-corrected chi connectivity index (χ3v) is 3.93. The van der Waals surface area contributed by atoms with E-state index in [0.29, 0.717) is 6.04 Å². The molecular weight excluding hydrogens is 351 g/mol. The maximum atomic E-state index is 6.10. The molecule has 0 bridgehead atoms. The lowest BCUT2D eigenvalue weighted by atomic mass is 10.0. The second-order valence-electron chi connectivity index (χ2n) is 5.46. The molecule has 0 aromatic heterocycles. The number of rotatable bonds is 5. The number of halogens is 1. The van der Waals surface area contributed by atoms with E-state index in [0.717, 1.165) is 44.6 Å². The van der Waals surface area contributed by atoms with Gasteiger partial charge in [-0.15, -0.1) is 24.0 Å². The van der Waals surface area contributed by atoms with Gasteiger partial charge in [0, 0.05) is 19.1 Å². The number of aliphatic imine (C=N–C) groups is 1. The normalized spacial score (nSPS) is 22.3. The third kappa shape index (κ3) is 6.29. The average Bonchev–Trinajstić information content (AvgIpc) is 2.37. The van der Waals surface area contributed by atoms with Crippen molar-refractivity contribution in [2.24, 2.45) is 16.6 Å². The maximum Gasteiger partial charge on any atom is 0.191 e. The van der Waals surface area contributed by atoms with Crippen LogP contribution in [0, 0.1) is 5.92 Å². The lowest BCUT2D eigenvalue weighted by Gasteiger charge is -2.32. The van der Waals surface area contributed by atoms with E-state index in [1.165, 1.54) is 12.8 Å². The van der Waals surface area contributed by atoms with Crippen LogP contribution >= 0.6 is 24.0 Å². The minimum absolute atomic E-state index is 0. The van der Waals surface area contributed by atoms with E-state index in [1.807, 2.05) is 0 Å². The predicted octanol–water partition coefficient (Wildman–Crippen LogP) is 2.38. The van der Waals surface area contributed by atoms with Crippen LogP contribution in [0.3, 0.4) is 0 Å². The molecule has 0 aliphatic carbocycles. The zero-order chi connectivity index (χ0) is 13.5. The van der Waals surface area contributed by atoms with Gasteiger partial charge in [0.1, 0.15) is 0 Å². The smallest absolute Gasteiger partial charge is 0.191 e. The van der Waals surface area contributed by atoms with Gasteiger partial charge in [-0.25, -0.2) is 0 Å². The van der Waals surface area contributed by atoms with Crippen molar-refractivity contribution in [1.29, 1.82) is 0 Å². The Bertz CT molecular complexity index is 266. The molecule has 0 aromatic carbocycles. The summed E-state index contributed by atoms with van der Waals surface area (Å²) in [6.45, 7) is 14.0. The van der Waals surface area contributed by atoms with Crippen LogP contribution < -0.4 is 5.73 Å². The topological polar surface area (TPSA) is 44.9 Å². The molecule has 2 N–H and O–H groups in total. The first-order valence-electron chi connectivity index (χ1n) is 7.37. The second kappa shape index (κ2) is 9.80. The summed E-state index contributed by atoms with van der Waals surface area (Å²) in [4.78, 5) is 9.23. The minimum Gasteiger partial charge on any atom is -0.370 e. The summed E-state index contributed by atoms with van der Waals surface area (Å²) in [5.41, 5.74) is 6.10. The van der Waals surface area contributed by atoms with Crippen molar-refractivity contribution in [1.82, 2.24) is 9.80 Å². The first-order valence-corrected chi connectivity index (χ1v) is 7.37. The van der Waals surface area contributed by atoms with Gasteiger partial charge in [-0.1, -0.05) is 20.8 Å². The summed E-state index contributed by atoms with van der Waals surface area (Å²) in [6.07, 6.45) is 2.56. The first kappa shape index (κ1) is 19.0. The summed E-state index contributed by atoms with van der Waals surface area (Å²) in [5.74, 6) is 1.48. The number of nitrogens with two attached hydrogens (primary N) is 1. The zero-order valence-corrected chi connectivity index (χ0v) is 15.3. The van der Waals surface area contributed by atoms with E-state index in [4.69, 9.17) is 5.73 Å². The van der Waals surface area contributed by atoms with E-state index in [9.17, 15) is 0 Å². The fourth-order valence-electron chi connectivity index (χ4n) is 2.69. The molecule has 2 atom stereocenters. The Kier molecular flexibility index (Phi) is 9.78. The van der Waals surface area contributed by atoms with Gasteiger partial charge in [-0.3, -0.25) is 9.89 Å². The van der Waals surface area contributed by atoms with Crippen LogP contribution in [-0.4, -0.2) is 54.5 Å². The zero-order valence-electron chi connectivity index (χ0n) is 12.9. The second-order valence-corrected chi connectivity index (χ2v) is 5.46. The summed E-state index contributed by atoms with van der Waals surface area (Å²) in [7, 11) is 0. The molecule has 0 aromatic rings. The van der Waals surface area contributed by atoms with Crippen molar-refractivity contribution < 1.29 is 0 Å². The maximum absolute atomic E-state index is 6.10. The van der Waals surface area contributed by atoms with Crippen molar-refractivity contribution in [2.75, 3.05) is 32.7 Å². The van der Waals surface area contributed by atoms with Crippen molar-refractivity contribution in [3.05, 3.63) is 0 Å². The van der Waals surface area contributed by atoms with Crippen molar-refractivity contribution in [3.63, 3.8) is 0 Å². The molecule has 0 radical (unpaired) electrons. The number of piperidine rings is 1. The van der Waals surface area contributed by atoms with E-state index < -0.39 is 0 Å². The number of hydrogen-bond acceptors (Lipinski definition) is 2. The van der Waals surface area contributed by atoms with E-state index in [2.05, 4.69) is 42.5 Å². The largest absolute Gasteiger partial charge is 0.370 e. The number of guanidine groups is 1. The Labute approximate surface area is 135 Å². The van der Waals surface area contributed by atoms with Crippen LogP contribution in [0.5, 0.6) is 0 Å². The molecule has 5 heteroatoms. The molecule has 1 fully saturated rings. The Morgan fingerprint density at radius 3 is 2.58 bits per heavy atom. The van der Waals surface area contributed by atoms with Gasteiger partial charge in [0.15, 0.2) is 5.96 Å². The molecule has 4 nitrogen and oxygen atoms in total. The molecule has 114 valence electrons. The molecule has 0 amide bonds. The van der Waals surface area contributed by atoms with Crippen molar-refractivity contribution in [3.8, 4) is 0 Å². The molecule has 1 saturated heterocycles. The first-order chi connectivity index (χ1) is 8.58. The molecule has 1 rings (SSSR count). The van der Waals surface area contributed by atoms with Gasteiger partial charge in [0.2, 0.25) is 0 Å². The highest BCUT2D eigenvalue weighted by molar-refractivity contribution is 14.0. The molecule has 0 spiro atoms. The standard InChI is InChI=1S/C14H30N4.HI/c1-5-17(6-2)13(4)10-16-14(15)18-9-7-8-12(3)11-18;/h12-13H,5-11H2,1-4H3,(H2,15,16);1H. The molecule has 1 aliphatic heterocycles.